The molecule has 3 aromatic rings. The first-order valence-electron chi connectivity index (χ1n) is 16.0. The third-order valence-corrected chi connectivity index (χ3v) is 10.9. The number of aromatic hydroxyl groups is 1. The van der Waals surface area contributed by atoms with Crippen LogP contribution in [-0.2, 0) is 27.2 Å². The van der Waals surface area contributed by atoms with Crippen LogP contribution in [0.15, 0.2) is 65.4 Å². The van der Waals surface area contributed by atoms with Gasteiger partial charge in [0.05, 0.1) is 11.6 Å². The van der Waals surface area contributed by atoms with Gasteiger partial charge in [-0.3, -0.25) is 19.3 Å². The van der Waals surface area contributed by atoms with E-state index in [9.17, 15) is 34.8 Å². The Morgan fingerprint density at radius 1 is 0.957 bits per heavy atom. The number of aliphatic hydroxyl groups excluding tert-OH is 2. The maximum atomic E-state index is 14.2. The second-order valence-corrected chi connectivity index (χ2v) is 13.6. The molecule has 46 heavy (non-hydrogen) atoms. The summed E-state index contributed by atoms with van der Waals surface area (Å²) in [4.78, 5) is 41.3. The van der Waals surface area contributed by atoms with E-state index in [4.69, 9.17) is 5.73 Å². The van der Waals surface area contributed by atoms with Gasteiger partial charge in [0, 0.05) is 11.5 Å². The lowest BCUT2D eigenvalue weighted by Crippen LogP contribution is -2.65. The van der Waals surface area contributed by atoms with E-state index in [1.165, 1.54) is 42.2 Å². The summed E-state index contributed by atoms with van der Waals surface area (Å²) in [6.07, 6.45) is 6.31. The number of likely N-dealkylation sites (N-methyl/N-ethyl adjacent to an activating group) is 1. The Morgan fingerprint density at radius 2 is 1.63 bits per heavy atom. The third kappa shape index (κ3) is 4.25. The lowest BCUT2D eigenvalue weighted by atomic mass is 9.57. The standard InChI is InChI=1S/C37H38N2O7/c1-39(2)31-26-17-20-16-25-24(23-12-11-19(15-18-7-3-4-8-18)21-9-5-6-10-22(21)23)13-14-27(40)29(25)32(41)28(20)34(43)37(26,46)35(44)30(33(31)42)36(38)45/h5-6,9-14,18,20,26,31,40-41,44,46H,3-4,7-8,15-17H2,1-2H3,(H2,38,45)/t20-,26-,31+,37-/m0/s1. The minimum atomic E-state index is -2.66. The Kier molecular flexibility index (Phi) is 7.10. The second-order valence-electron chi connectivity index (χ2n) is 13.6. The summed E-state index contributed by atoms with van der Waals surface area (Å²) in [5.74, 6) is -5.94. The number of phenolic OH excluding ortho intramolecular Hbond substituents is 1. The fourth-order valence-corrected chi connectivity index (χ4v) is 8.80. The average Bonchev–Trinajstić information content (AvgIpc) is 3.52. The van der Waals surface area contributed by atoms with Gasteiger partial charge in [-0.05, 0) is 84.3 Å². The van der Waals surface area contributed by atoms with Crippen LogP contribution in [0, 0.1) is 17.8 Å². The van der Waals surface area contributed by atoms with Crippen molar-refractivity contribution in [3.63, 3.8) is 0 Å². The number of carbonyl (C=O) groups is 3. The maximum Gasteiger partial charge on any atom is 0.255 e. The van der Waals surface area contributed by atoms with Crippen molar-refractivity contribution in [3.05, 3.63) is 82.1 Å². The first-order chi connectivity index (χ1) is 21.9. The average molecular weight is 623 g/mol. The first kappa shape index (κ1) is 30.2. The van der Waals surface area contributed by atoms with Crippen LogP contribution in [0.2, 0.25) is 0 Å². The van der Waals surface area contributed by atoms with E-state index in [0.29, 0.717) is 11.5 Å². The number of carbonyl (C=O) groups excluding carboxylic acids is 3. The maximum absolute atomic E-state index is 14.2. The van der Waals surface area contributed by atoms with Crippen molar-refractivity contribution in [3.8, 4) is 16.9 Å². The summed E-state index contributed by atoms with van der Waals surface area (Å²) in [6, 6.07) is 14.7. The number of Topliss-reactive ketones (excluding diaryl/α,β-unsaturated/α-hetero) is 2. The first-order valence-corrected chi connectivity index (χ1v) is 16.0. The number of benzene rings is 3. The second kappa shape index (κ2) is 10.8. The number of ketones is 2. The van der Waals surface area contributed by atoms with Gasteiger partial charge in [-0.1, -0.05) is 68.1 Å². The van der Waals surface area contributed by atoms with E-state index >= 15 is 0 Å². The van der Waals surface area contributed by atoms with E-state index < -0.39 is 58.0 Å². The zero-order chi connectivity index (χ0) is 32.7. The fraction of sp³-hybridized carbons (Fsp3) is 0.378. The van der Waals surface area contributed by atoms with Gasteiger partial charge in [0.2, 0.25) is 5.78 Å². The number of hydrogen-bond acceptors (Lipinski definition) is 8. The molecule has 4 aliphatic carbocycles. The number of rotatable bonds is 5. The van der Waals surface area contributed by atoms with Gasteiger partial charge < -0.3 is 26.2 Å². The molecule has 2 saturated carbocycles. The highest BCUT2D eigenvalue weighted by molar-refractivity contribution is 6.24. The number of hydrogen-bond donors (Lipinski definition) is 5. The molecule has 7 rings (SSSR count). The summed E-state index contributed by atoms with van der Waals surface area (Å²) in [6.45, 7) is 0. The van der Waals surface area contributed by atoms with Crippen molar-refractivity contribution < 1.29 is 34.8 Å². The molecule has 6 N–H and O–H groups in total. The van der Waals surface area contributed by atoms with Gasteiger partial charge in [-0.15, -0.1) is 0 Å². The molecule has 4 atom stereocenters. The predicted molar refractivity (Wildman–Crippen MR) is 173 cm³/mol. The number of phenols is 1. The monoisotopic (exact) mass is 622 g/mol. The van der Waals surface area contributed by atoms with Gasteiger partial charge in [0.25, 0.3) is 5.91 Å². The van der Waals surface area contributed by atoms with Crippen molar-refractivity contribution >= 4 is 34.0 Å². The van der Waals surface area contributed by atoms with Crippen molar-refractivity contribution in [2.24, 2.45) is 23.5 Å². The van der Waals surface area contributed by atoms with Gasteiger partial charge in [0.15, 0.2) is 11.4 Å². The number of nitrogens with two attached hydrogens (primary N) is 1. The highest BCUT2D eigenvalue weighted by Crippen LogP contribution is 2.54. The molecule has 0 aliphatic heterocycles. The van der Waals surface area contributed by atoms with Crippen molar-refractivity contribution in [2.75, 3.05) is 14.1 Å². The number of fused-ring (bicyclic) bond motifs is 4. The summed E-state index contributed by atoms with van der Waals surface area (Å²) in [5, 5.41) is 47.9. The molecule has 4 aliphatic rings. The minimum absolute atomic E-state index is 0.0436. The predicted octanol–water partition coefficient (Wildman–Crippen LogP) is 4.52. The Balaban J connectivity index is 1.39. The molecule has 0 unspecified atom stereocenters. The minimum Gasteiger partial charge on any atom is -0.508 e. The summed E-state index contributed by atoms with van der Waals surface area (Å²) < 4.78 is 0. The SMILES string of the molecule is CN(C)[C@H]1C(=O)C(C(N)=O)=C(O)[C@@]2(O)C(=O)C3=C(O)c4c(O)ccc(-c5ccc(CC6CCCC6)c6ccccc56)c4C[C@H]3C[C@@H]12. The normalized spacial score (nSPS) is 26.5. The Morgan fingerprint density at radius 3 is 2.30 bits per heavy atom. The molecule has 238 valence electrons. The highest BCUT2D eigenvalue weighted by Gasteiger charge is 2.64. The third-order valence-electron chi connectivity index (χ3n) is 10.9. The molecular weight excluding hydrogens is 584 g/mol. The molecule has 0 aromatic heterocycles. The Labute approximate surface area is 266 Å². The molecule has 0 heterocycles. The molecule has 1 amide bonds. The molecule has 9 nitrogen and oxygen atoms in total. The van der Waals surface area contributed by atoms with Gasteiger partial charge in [-0.2, -0.15) is 0 Å². The number of primary amides is 1. The Hall–Kier alpha value is -4.47. The quantitative estimate of drug-likeness (QED) is 0.260. The molecule has 2 fully saturated rings. The largest absolute Gasteiger partial charge is 0.508 e. The van der Waals surface area contributed by atoms with E-state index in [0.717, 1.165) is 28.3 Å². The van der Waals surface area contributed by atoms with Crippen LogP contribution >= 0.6 is 0 Å². The molecule has 0 radical (unpaired) electrons. The van der Waals surface area contributed by atoms with E-state index in [-0.39, 0.29) is 29.7 Å². The van der Waals surface area contributed by atoms with Crippen LogP contribution in [0.25, 0.3) is 27.7 Å². The van der Waals surface area contributed by atoms with Crippen LogP contribution in [0.1, 0.15) is 48.8 Å². The Bertz CT molecular complexity index is 1900. The molecule has 0 spiro atoms. The number of amides is 1. The molecular formula is C37H38N2O7. The van der Waals surface area contributed by atoms with Crippen LogP contribution in [0.4, 0.5) is 0 Å². The van der Waals surface area contributed by atoms with Crippen LogP contribution in [0.5, 0.6) is 5.75 Å². The van der Waals surface area contributed by atoms with Gasteiger partial charge in [-0.25, -0.2) is 0 Å². The smallest absolute Gasteiger partial charge is 0.255 e. The molecule has 0 bridgehead atoms. The summed E-state index contributed by atoms with van der Waals surface area (Å²) in [7, 11) is 3.18. The lowest BCUT2D eigenvalue weighted by Gasteiger charge is -2.50. The van der Waals surface area contributed by atoms with Crippen molar-refractivity contribution in [1.29, 1.82) is 0 Å². The zero-order valence-corrected chi connectivity index (χ0v) is 25.9. The highest BCUT2D eigenvalue weighted by atomic mass is 16.3. The van der Waals surface area contributed by atoms with E-state index in [1.54, 1.807) is 14.1 Å². The molecule has 9 heteroatoms. The number of nitrogens with zero attached hydrogens (tertiary/aromatic N) is 1. The summed E-state index contributed by atoms with van der Waals surface area (Å²) in [5.41, 5.74) is 5.56. The van der Waals surface area contributed by atoms with E-state index in [2.05, 4.69) is 24.3 Å². The molecule has 0 saturated heterocycles. The fourth-order valence-electron chi connectivity index (χ4n) is 8.80. The zero-order valence-electron chi connectivity index (χ0n) is 25.9. The molecule has 3 aromatic carbocycles. The topological polar surface area (TPSA) is 161 Å². The van der Waals surface area contributed by atoms with E-state index in [1.807, 2.05) is 18.2 Å². The van der Waals surface area contributed by atoms with Gasteiger partial charge in [0.1, 0.15) is 22.8 Å². The van der Waals surface area contributed by atoms with Gasteiger partial charge >= 0.3 is 0 Å². The van der Waals surface area contributed by atoms with Crippen molar-refractivity contribution in [1.82, 2.24) is 4.90 Å². The number of aliphatic hydroxyl groups is 3. The van der Waals surface area contributed by atoms with Crippen LogP contribution < -0.4 is 5.73 Å². The van der Waals surface area contributed by atoms with Crippen LogP contribution in [-0.4, -0.2) is 68.5 Å². The van der Waals surface area contributed by atoms with Crippen LogP contribution in [0.3, 0.4) is 0 Å². The summed E-state index contributed by atoms with van der Waals surface area (Å²) >= 11 is 0. The lowest BCUT2D eigenvalue weighted by molar-refractivity contribution is -0.153. The van der Waals surface area contributed by atoms with Crippen molar-refractivity contribution in [2.45, 2.75) is 56.6 Å².